The van der Waals surface area contributed by atoms with Crippen molar-refractivity contribution in [2.75, 3.05) is 13.1 Å². The molecule has 2 amide bonds. The van der Waals surface area contributed by atoms with E-state index in [1.165, 1.54) is 63.0 Å². The maximum atomic E-state index is 12.5. The molecule has 6 nitrogen and oxygen atoms in total. The summed E-state index contributed by atoms with van der Waals surface area (Å²) in [6.45, 7) is 1.96. The Kier molecular flexibility index (Phi) is 11.4. The predicted octanol–water partition coefficient (Wildman–Crippen LogP) is 2.99. The fourth-order valence-electron chi connectivity index (χ4n) is 3.32. The molecular formula is C20H34N4O2. The lowest BCUT2D eigenvalue weighted by Crippen LogP contribution is -2.37. The number of hydrogen-bond acceptors (Lipinski definition) is 4. The topological polar surface area (TPSA) is 99.2 Å². The Balaban J connectivity index is 2.69. The second-order valence-electron chi connectivity index (χ2n) is 7.09. The molecule has 26 heavy (non-hydrogen) atoms. The number of carbonyl (C=O) groups excluding carboxylic acids is 2. The summed E-state index contributed by atoms with van der Waals surface area (Å²) in [5.74, 6) is -0.630. The molecule has 1 aliphatic carbocycles. The molecule has 0 heterocycles. The van der Waals surface area contributed by atoms with Crippen molar-refractivity contribution in [3.8, 4) is 6.07 Å². The van der Waals surface area contributed by atoms with E-state index in [1.54, 1.807) is 0 Å². The van der Waals surface area contributed by atoms with Gasteiger partial charge in [0.2, 0.25) is 5.91 Å². The van der Waals surface area contributed by atoms with Crippen LogP contribution in [0.25, 0.3) is 0 Å². The normalized spacial score (nSPS) is 18.1. The average molecular weight is 363 g/mol. The van der Waals surface area contributed by atoms with Crippen molar-refractivity contribution in [1.29, 1.82) is 5.26 Å². The van der Waals surface area contributed by atoms with E-state index < -0.39 is 5.91 Å². The summed E-state index contributed by atoms with van der Waals surface area (Å²) in [6.07, 6.45) is 14.3. The smallest absolute Gasteiger partial charge is 0.263 e. The van der Waals surface area contributed by atoms with Gasteiger partial charge in [0.25, 0.3) is 5.91 Å². The summed E-state index contributed by atoms with van der Waals surface area (Å²) in [4.78, 5) is 25.4. The van der Waals surface area contributed by atoms with Crippen LogP contribution in [0.4, 0.5) is 0 Å². The molecule has 0 aromatic heterocycles. The third-order valence-electron chi connectivity index (χ3n) is 4.86. The van der Waals surface area contributed by atoms with Crippen LogP contribution in [-0.2, 0) is 9.59 Å². The molecule has 1 rings (SSSR count). The van der Waals surface area contributed by atoms with Gasteiger partial charge in [0, 0.05) is 32.3 Å². The maximum absolute atomic E-state index is 12.5. The minimum Gasteiger partial charge on any atom is -0.349 e. The van der Waals surface area contributed by atoms with Gasteiger partial charge in [0.05, 0.1) is 0 Å². The van der Waals surface area contributed by atoms with Crippen molar-refractivity contribution in [1.82, 2.24) is 10.2 Å². The van der Waals surface area contributed by atoms with Crippen LogP contribution in [0.5, 0.6) is 0 Å². The van der Waals surface area contributed by atoms with Crippen LogP contribution in [0.1, 0.15) is 77.6 Å². The van der Waals surface area contributed by atoms with Gasteiger partial charge in [-0.05, 0) is 12.8 Å². The number of rotatable bonds is 5. The Morgan fingerprint density at radius 2 is 1.58 bits per heavy atom. The number of hydrogen-bond donors (Lipinski definition) is 2. The second-order valence-corrected chi connectivity index (χ2v) is 7.09. The van der Waals surface area contributed by atoms with E-state index in [0.29, 0.717) is 0 Å². The first kappa shape index (κ1) is 22.2. The van der Waals surface area contributed by atoms with Crippen LogP contribution in [0.3, 0.4) is 0 Å². The van der Waals surface area contributed by atoms with Crippen molar-refractivity contribution in [3.05, 3.63) is 11.8 Å². The molecule has 0 unspecified atom stereocenters. The highest BCUT2D eigenvalue weighted by molar-refractivity contribution is 5.97. The van der Waals surface area contributed by atoms with Crippen LogP contribution >= 0.6 is 0 Å². The summed E-state index contributed by atoms with van der Waals surface area (Å²) in [5.41, 5.74) is 5.44. The lowest BCUT2D eigenvalue weighted by Gasteiger charge is -2.20. The number of nitriles is 1. The first-order valence-electron chi connectivity index (χ1n) is 9.98. The van der Waals surface area contributed by atoms with Crippen LogP contribution in [-0.4, -0.2) is 35.8 Å². The van der Waals surface area contributed by atoms with Crippen LogP contribution < -0.4 is 11.1 Å². The molecule has 0 aliphatic heterocycles. The van der Waals surface area contributed by atoms with Gasteiger partial charge in [0.15, 0.2) is 0 Å². The molecule has 1 saturated carbocycles. The third-order valence-corrected chi connectivity index (χ3v) is 4.86. The van der Waals surface area contributed by atoms with Gasteiger partial charge in [-0.15, -0.1) is 0 Å². The highest BCUT2D eigenvalue weighted by Gasteiger charge is 2.17. The van der Waals surface area contributed by atoms with E-state index in [-0.39, 0.29) is 30.6 Å². The summed E-state index contributed by atoms with van der Waals surface area (Å²) < 4.78 is 0. The summed E-state index contributed by atoms with van der Waals surface area (Å²) in [6, 6.07) is 2.01. The Bertz CT molecular complexity index is 498. The van der Waals surface area contributed by atoms with E-state index in [9.17, 15) is 14.9 Å². The number of carbonyl (C=O) groups is 2. The van der Waals surface area contributed by atoms with Gasteiger partial charge < -0.3 is 16.0 Å². The summed E-state index contributed by atoms with van der Waals surface area (Å²) >= 11 is 0. The zero-order valence-corrected chi connectivity index (χ0v) is 16.1. The molecule has 1 fully saturated rings. The molecule has 0 bridgehead atoms. The van der Waals surface area contributed by atoms with E-state index in [1.807, 2.05) is 6.07 Å². The van der Waals surface area contributed by atoms with Crippen molar-refractivity contribution in [2.45, 2.75) is 83.6 Å². The number of nitrogens with one attached hydrogen (secondary N) is 1. The fraction of sp³-hybridized carbons (Fsp3) is 0.750. The van der Waals surface area contributed by atoms with Gasteiger partial charge in [-0.3, -0.25) is 9.59 Å². The SMILES string of the molecule is CC(=O)N(/C=C(/C#N)C(=O)NC1CCCCCCCCCCC1)CCN. The zero-order valence-electron chi connectivity index (χ0n) is 16.1. The Morgan fingerprint density at radius 1 is 1.08 bits per heavy atom. The van der Waals surface area contributed by atoms with E-state index in [4.69, 9.17) is 5.73 Å². The third kappa shape index (κ3) is 9.00. The summed E-state index contributed by atoms with van der Waals surface area (Å²) in [5, 5.41) is 12.3. The Morgan fingerprint density at radius 3 is 2.00 bits per heavy atom. The van der Waals surface area contributed by atoms with E-state index >= 15 is 0 Å². The van der Waals surface area contributed by atoms with Crippen molar-refractivity contribution in [2.24, 2.45) is 5.73 Å². The molecule has 6 heteroatoms. The molecule has 146 valence electrons. The van der Waals surface area contributed by atoms with Gasteiger partial charge >= 0.3 is 0 Å². The van der Waals surface area contributed by atoms with Crippen LogP contribution in [0.15, 0.2) is 11.8 Å². The highest BCUT2D eigenvalue weighted by Crippen LogP contribution is 2.17. The molecule has 0 saturated heterocycles. The van der Waals surface area contributed by atoms with Crippen molar-refractivity contribution in [3.63, 3.8) is 0 Å². The average Bonchev–Trinajstić information content (AvgIpc) is 2.60. The minimum absolute atomic E-state index is 0.0419. The van der Waals surface area contributed by atoms with Crippen molar-refractivity contribution >= 4 is 11.8 Å². The predicted molar refractivity (Wildman–Crippen MR) is 103 cm³/mol. The quantitative estimate of drug-likeness (QED) is 0.580. The molecule has 1 aliphatic rings. The van der Waals surface area contributed by atoms with Gasteiger partial charge in [-0.1, -0.05) is 57.8 Å². The maximum Gasteiger partial charge on any atom is 0.263 e. The van der Waals surface area contributed by atoms with Gasteiger partial charge in [-0.25, -0.2) is 0 Å². The van der Waals surface area contributed by atoms with Gasteiger partial charge in [-0.2, -0.15) is 5.26 Å². The molecule has 0 radical (unpaired) electrons. The Labute approximate surface area is 157 Å². The number of nitrogens with zero attached hydrogens (tertiary/aromatic N) is 2. The first-order valence-corrected chi connectivity index (χ1v) is 9.98. The van der Waals surface area contributed by atoms with Crippen LogP contribution in [0.2, 0.25) is 0 Å². The monoisotopic (exact) mass is 362 g/mol. The number of nitrogens with two attached hydrogens (primary N) is 1. The Hall–Kier alpha value is -1.87. The van der Waals surface area contributed by atoms with E-state index in [2.05, 4.69) is 5.32 Å². The second kappa shape index (κ2) is 13.3. The van der Waals surface area contributed by atoms with Crippen molar-refractivity contribution < 1.29 is 9.59 Å². The fourth-order valence-corrected chi connectivity index (χ4v) is 3.32. The molecule has 3 N–H and O–H groups in total. The standard InChI is InChI=1S/C20H34N4O2/c1-17(25)24(14-13-21)16-18(15-22)20(26)23-19-11-9-7-5-3-2-4-6-8-10-12-19/h16,19H,2-14,21H2,1H3,(H,23,26)/b18-16-. The molecule has 0 atom stereocenters. The number of amides is 2. The van der Waals surface area contributed by atoms with Gasteiger partial charge in [0.1, 0.15) is 11.6 Å². The van der Waals surface area contributed by atoms with E-state index in [0.717, 1.165) is 25.7 Å². The largest absolute Gasteiger partial charge is 0.349 e. The summed E-state index contributed by atoms with van der Waals surface area (Å²) in [7, 11) is 0. The molecule has 0 spiro atoms. The molecule has 0 aromatic rings. The van der Waals surface area contributed by atoms with Crippen LogP contribution in [0, 0.1) is 11.3 Å². The lowest BCUT2D eigenvalue weighted by atomic mass is 9.97. The first-order chi connectivity index (χ1) is 12.6. The molecular weight excluding hydrogens is 328 g/mol. The lowest BCUT2D eigenvalue weighted by molar-refractivity contribution is -0.126. The minimum atomic E-state index is -0.395. The molecule has 0 aromatic carbocycles. The highest BCUT2D eigenvalue weighted by atomic mass is 16.2. The zero-order chi connectivity index (χ0) is 19.2.